The van der Waals surface area contributed by atoms with Gasteiger partial charge in [0.2, 0.25) is 12.7 Å². The molecule has 0 atom stereocenters. The fraction of sp³-hybridized carbons (Fsp3) is 0.250. The molecular formula is C20H20N2O6. The van der Waals surface area contributed by atoms with Crippen LogP contribution in [0.2, 0.25) is 0 Å². The van der Waals surface area contributed by atoms with E-state index in [1.165, 1.54) is 6.07 Å². The lowest BCUT2D eigenvalue weighted by molar-refractivity contribution is -0.121. The molecule has 2 amide bonds. The second-order valence-corrected chi connectivity index (χ2v) is 5.95. The molecule has 0 aromatic heterocycles. The third kappa shape index (κ3) is 4.79. The molecule has 146 valence electrons. The average Bonchev–Trinajstić information content (AvgIpc) is 3.19. The topological polar surface area (TPSA) is 103 Å². The Kier molecular flexibility index (Phi) is 6.11. The molecule has 0 radical (unpaired) electrons. The molecule has 0 unspecified atom stereocenters. The summed E-state index contributed by atoms with van der Waals surface area (Å²) < 4.78 is 15.7. The van der Waals surface area contributed by atoms with Crippen LogP contribution in [0, 0.1) is 0 Å². The fourth-order valence-electron chi connectivity index (χ4n) is 2.57. The molecule has 0 bridgehead atoms. The van der Waals surface area contributed by atoms with Crippen LogP contribution in [0.25, 0.3) is 0 Å². The summed E-state index contributed by atoms with van der Waals surface area (Å²) in [5, 5.41) is 0. The lowest BCUT2D eigenvalue weighted by Gasteiger charge is -2.08. The first-order chi connectivity index (χ1) is 13.6. The second-order valence-electron chi connectivity index (χ2n) is 5.95. The van der Waals surface area contributed by atoms with Crippen LogP contribution in [0.5, 0.6) is 17.2 Å². The van der Waals surface area contributed by atoms with E-state index in [4.69, 9.17) is 14.2 Å². The van der Waals surface area contributed by atoms with E-state index in [0.29, 0.717) is 35.0 Å². The number of fused-ring (bicyclic) bond motifs is 1. The minimum absolute atomic E-state index is 0.0275. The predicted molar refractivity (Wildman–Crippen MR) is 99.3 cm³/mol. The lowest BCUT2D eigenvalue weighted by atomic mass is 10.1. The molecule has 1 heterocycles. The van der Waals surface area contributed by atoms with Gasteiger partial charge in [0.15, 0.2) is 17.3 Å². The highest BCUT2D eigenvalue weighted by Crippen LogP contribution is 2.32. The molecule has 1 aliphatic rings. The van der Waals surface area contributed by atoms with Crippen molar-refractivity contribution in [2.24, 2.45) is 0 Å². The number of amides is 2. The van der Waals surface area contributed by atoms with Gasteiger partial charge in [0.05, 0.1) is 6.61 Å². The number of benzene rings is 2. The van der Waals surface area contributed by atoms with Crippen LogP contribution in [0.1, 0.15) is 40.5 Å². The van der Waals surface area contributed by atoms with Gasteiger partial charge in [-0.2, -0.15) is 0 Å². The molecule has 0 saturated carbocycles. The Bertz CT molecular complexity index is 879. The van der Waals surface area contributed by atoms with Crippen molar-refractivity contribution < 1.29 is 28.6 Å². The minimum Gasteiger partial charge on any atom is -0.494 e. The summed E-state index contributed by atoms with van der Waals surface area (Å²) in [6.07, 6.45) is -0.0207. The Balaban J connectivity index is 1.44. The number of carbonyl (C=O) groups excluding carboxylic acids is 3. The number of hydrazine groups is 1. The van der Waals surface area contributed by atoms with Gasteiger partial charge in [0.1, 0.15) is 5.75 Å². The Morgan fingerprint density at radius 2 is 1.64 bits per heavy atom. The molecule has 2 aromatic carbocycles. The summed E-state index contributed by atoms with van der Waals surface area (Å²) in [4.78, 5) is 36.1. The first kappa shape index (κ1) is 19.2. The predicted octanol–water partition coefficient (Wildman–Crippen LogP) is 2.24. The monoisotopic (exact) mass is 384 g/mol. The molecule has 8 nitrogen and oxygen atoms in total. The van der Waals surface area contributed by atoms with Gasteiger partial charge >= 0.3 is 0 Å². The smallest absolute Gasteiger partial charge is 0.269 e. The number of nitrogens with one attached hydrogen (secondary N) is 2. The zero-order chi connectivity index (χ0) is 19.9. The highest BCUT2D eigenvalue weighted by molar-refractivity contribution is 5.99. The normalized spacial score (nSPS) is 11.6. The number of rotatable bonds is 7. The van der Waals surface area contributed by atoms with Gasteiger partial charge in [0, 0.05) is 24.0 Å². The molecule has 28 heavy (non-hydrogen) atoms. The molecule has 2 N–H and O–H groups in total. The number of Topliss-reactive ketones (excluding diaryl/α,β-unsaturated/α-hetero) is 1. The average molecular weight is 384 g/mol. The van der Waals surface area contributed by atoms with Crippen LogP contribution < -0.4 is 25.1 Å². The highest BCUT2D eigenvalue weighted by atomic mass is 16.7. The van der Waals surface area contributed by atoms with E-state index < -0.39 is 11.8 Å². The third-order valence-corrected chi connectivity index (χ3v) is 4.02. The number of ketones is 1. The summed E-state index contributed by atoms with van der Waals surface area (Å²) >= 11 is 0. The summed E-state index contributed by atoms with van der Waals surface area (Å²) in [7, 11) is 0. The van der Waals surface area contributed by atoms with Crippen LogP contribution in [0.15, 0.2) is 42.5 Å². The van der Waals surface area contributed by atoms with E-state index in [1.54, 1.807) is 36.4 Å². The lowest BCUT2D eigenvalue weighted by Crippen LogP contribution is -2.41. The highest BCUT2D eigenvalue weighted by Gasteiger charge is 2.17. The van der Waals surface area contributed by atoms with Crippen LogP contribution in [0.3, 0.4) is 0 Å². The molecule has 0 spiro atoms. The Labute approximate surface area is 161 Å². The van der Waals surface area contributed by atoms with E-state index in [2.05, 4.69) is 10.9 Å². The van der Waals surface area contributed by atoms with Gasteiger partial charge in [-0.25, -0.2) is 0 Å². The Morgan fingerprint density at radius 3 is 2.39 bits per heavy atom. The molecular weight excluding hydrogens is 364 g/mol. The van der Waals surface area contributed by atoms with E-state index >= 15 is 0 Å². The van der Waals surface area contributed by atoms with E-state index in [1.807, 2.05) is 6.92 Å². The SMILES string of the molecule is CCOc1ccc(C(=O)CCC(=O)NNC(=O)c2ccc3c(c2)OCO3)cc1. The van der Waals surface area contributed by atoms with Gasteiger partial charge in [-0.15, -0.1) is 0 Å². The minimum atomic E-state index is -0.496. The van der Waals surface area contributed by atoms with E-state index in [-0.39, 0.29) is 25.4 Å². The molecule has 8 heteroatoms. The zero-order valence-electron chi connectivity index (χ0n) is 15.3. The summed E-state index contributed by atoms with van der Waals surface area (Å²) in [5.74, 6) is 0.592. The maximum atomic E-state index is 12.2. The first-order valence-corrected chi connectivity index (χ1v) is 8.81. The Hall–Kier alpha value is -3.55. The third-order valence-electron chi connectivity index (χ3n) is 4.02. The largest absolute Gasteiger partial charge is 0.494 e. The number of hydrogen-bond acceptors (Lipinski definition) is 6. The second kappa shape index (κ2) is 8.90. The van der Waals surface area contributed by atoms with Crippen LogP contribution >= 0.6 is 0 Å². The van der Waals surface area contributed by atoms with Crippen LogP contribution in [0.4, 0.5) is 0 Å². The van der Waals surface area contributed by atoms with Crippen molar-refractivity contribution >= 4 is 17.6 Å². The van der Waals surface area contributed by atoms with Crippen molar-refractivity contribution in [1.29, 1.82) is 0 Å². The van der Waals surface area contributed by atoms with Gasteiger partial charge in [0.25, 0.3) is 5.91 Å². The molecule has 0 aliphatic carbocycles. The van der Waals surface area contributed by atoms with Crippen molar-refractivity contribution in [3.63, 3.8) is 0 Å². The summed E-state index contributed by atoms with van der Waals surface area (Å²) in [6.45, 7) is 2.54. The first-order valence-electron chi connectivity index (χ1n) is 8.81. The maximum Gasteiger partial charge on any atom is 0.269 e. The van der Waals surface area contributed by atoms with Crippen LogP contribution in [-0.4, -0.2) is 31.0 Å². The standard InChI is InChI=1S/C20H20N2O6/c1-2-26-15-6-3-13(4-7-15)16(23)8-10-19(24)21-22-20(25)14-5-9-17-18(11-14)28-12-27-17/h3-7,9,11H,2,8,10,12H2,1H3,(H,21,24)(H,22,25). The van der Waals surface area contributed by atoms with Gasteiger partial charge in [-0.3, -0.25) is 25.2 Å². The molecule has 0 fully saturated rings. The van der Waals surface area contributed by atoms with Crippen molar-refractivity contribution in [2.75, 3.05) is 13.4 Å². The van der Waals surface area contributed by atoms with Crippen molar-refractivity contribution in [1.82, 2.24) is 10.9 Å². The van der Waals surface area contributed by atoms with Gasteiger partial charge in [-0.05, 0) is 49.4 Å². The summed E-state index contributed by atoms with van der Waals surface area (Å²) in [6, 6.07) is 11.4. The quantitative estimate of drug-likeness (QED) is 0.561. The number of hydrogen-bond donors (Lipinski definition) is 2. The number of carbonyl (C=O) groups is 3. The van der Waals surface area contributed by atoms with E-state index in [9.17, 15) is 14.4 Å². The molecule has 0 saturated heterocycles. The molecule has 1 aliphatic heterocycles. The summed E-state index contributed by atoms with van der Waals surface area (Å²) in [5.41, 5.74) is 5.43. The van der Waals surface area contributed by atoms with Crippen molar-refractivity contribution in [3.8, 4) is 17.2 Å². The zero-order valence-corrected chi connectivity index (χ0v) is 15.3. The maximum absolute atomic E-state index is 12.2. The van der Waals surface area contributed by atoms with Crippen molar-refractivity contribution in [2.45, 2.75) is 19.8 Å². The number of ether oxygens (including phenoxy) is 3. The van der Waals surface area contributed by atoms with Crippen LogP contribution in [-0.2, 0) is 4.79 Å². The molecule has 2 aromatic rings. The fourth-order valence-corrected chi connectivity index (χ4v) is 2.57. The van der Waals surface area contributed by atoms with Gasteiger partial charge in [-0.1, -0.05) is 0 Å². The van der Waals surface area contributed by atoms with Gasteiger partial charge < -0.3 is 14.2 Å². The van der Waals surface area contributed by atoms with E-state index in [0.717, 1.165) is 0 Å². The van der Waals surface area contributed by atoms with Crippen molar-refractivity contribution in [3.05, 3.63) is 53.6 Å². The molecule has 3 rings (SSSR count). The Morgan fingerprint density at radius 1 is 0.929 bits per heavy atom.